The van der Waals surface area contributed by atoms with E-state index in [4.69, 9.17) is 36.1 Å². The van der Waals surface area contributed by atoms with Gasteiger partial charge >= 0.3 is 18.5 Å². The summed E-state index contributed by atoms with van der Waals surface area (Å²) < 4.78 is 82.5. The van der Waals surface area contributed by atoms with E-state index in [1.54, 1.807) is 32.0 Å². The van der Waals surface area contributed by atoms with E-state index in [0.29, 0.717) is 4.57 Å². The Morgan fingerprint density at radius 3 is 2.60 bits per heavy atom. The van der Waals surface area contributed by atoms with Crippen molar-refractivity contribution < 1.29 is 46.0 Å². The molecule has 1 saturated heterocycles. The topological polar surface area (TPSA) is 176 Å². The van der Waals surface area contributed by atoms with Crippen molar-refractivity contribution in [1.29, 1.82) is 0 Å². The molecule has 0 bridgehead atoms. The van der Waals surface area contributed by atoms with Gasteiger partial charge in [-0.3, -0.25) is 19.1 Å². The Labute approximate surface area is 240 Å². The molecule has 3 heterocycles. The van der Waals surface area contributed by atoms with Crippen LogP contribution in [0.15, 0.2) is 41.5 Å². The Morgan fingerprint density at radius 1 is 1.31 bits per heavy atom. The van der Waals surface area contributed by atoms with E-state index in [2.05, 4.69) is 20.0 Å². The number of H-pyrrole nitrogens is 1. The number of carbonyl (C=O) groups is 1. The number of esters is 1. The number of imidazole rings is 1. The number of rotatable bonds is 11. The van der Waals surface area contributed by atoms with Gasteiger partial charge in [-0.05, 0) is 44.7 Å². The maximum Gasteiger partial charge on any atom is 0.323 e. The molecule has 230 valence electrons. The van der Waals surface area contributed by atoms with Crippen LogP contribution in [0.4, 0.5) is 23.5 Å². The van der Waals surface area contributed by atoms with Gasteiger partial charge in [0.2, 0.25) is 11.5 Å². The predicted octanol–water partition coefficient (Wildman–Crippen LogP) is 2.48. The van der Waals surface area contributed by atoms with Crippen molar-refractivity contribution in [3.63, 3.8) is 0 Å². The highest BCUT2D eigenvalue weighted by molar-refractivity contribution is 8.09. The molecule has 0 saturated carbocycles. The fourth-order valence-corrected chi connectivity index (χ4v) is 6.44. The van der Waals surface area contributed by atoms with E-state index >= 15 is 8.78 Å². The molecule has 1 aromatic carbocycles. The Kier molecular flexibility index (Phi) is 8.97. The number of alkyl halides is 4. The number of hydrogen-bond donors (Lipinski definition) is 4. The standard InChI is InChI=1S/C23H27F4N6O7PS/c1-11(2)38-19(36)12(3)32-41(42,40-13-7-5-4-6-8-13)37-9-22(20(24)25)23(26,27)15(34)18(39-22)33-10-29-14-16(33)30-21(28)31-17(14)35/h4-8,10-12,15,18,20,34H,9H2,1-3H3,(H,32,42)(H3,28,30,31,35). The van der Waals surface area contributed by atoms with Crippen molar-refractivity contribution in [3.8, 4) is 5.75 Å². The Balaban J connectivity index is 1.68. The van der Waals surface area contributed by atoms with Gasteiger partial charge < -0.3 is 29.4 Å². The van der Waals surface area contributed by atoms with E-state index in [1.807, 2.05) is 0 Å². The highest BCUT2D eigenvalue weighted by atomic mass is 32.5. The van der Waals surface area contributed by atoms with Gasteiger partial charge in [-0.25, -0.2) is 18.9 Å². The first-order chi connectivity index (χ1) is 19.6. The van der Waals surface area contributed by atoms with Gasteiger partial charge in [0.1, 0.15) is 11.8 Å². The van der Waals surface area contributed by atoms with E-state index in [1.165, 1.54) is 19.1 Å². The number of carbonyl (C=O) groups excluding carboxylic acids is 1. The highest BCUT2D eigenvalue weighted by Gasteiger charge is 2.74. The third-order valence-electron chi connectivity index (χ3n) is 6.09. The summed E-state index contributed by atoms with van der Waals surface area (Å²) in [6.45, 7) is -1.16. The molecular formula is C23H27F4N6O7PS. The minimum atomic E-state index is -4.66. The van der Waals surface area contributed by atoms with Crippen LogP contribution >= 0.6 is 6.64 Å². The lowest BCUT2D eigenvalue weighted by molar-refractivity contribution is -0.241. The normalized spacial score (nSPS) is 24.1. The fraction of sp³-hybridized carbons (Fsp3) is 0.478. The summed E-state index contributed by atoms with van der Waals surface area (Å²) >= 11 is 5.43. The van der Waals surface area contributed by atoms with Crippen LogP contribution in [-0.2, 0) is 30.6 Å². The SMILES string of the molecule is CC(C)OC(=O)C(C)NP(=S)(OCC1(C(F)F)OC(n2cnc3c(=O)[nH]c(N)nc32)C(O)C1(F)F)Oc1ccccc1. The van der Waals surface area contributed by atoms with E-state index in [9.17, 15) is 23.5 Å². The summed E-state index contributed by atoms with van der Waals surface area (Å²) in [4.78, 5) is 34.2. The number of nitrogens with zero attached hydrogens (tertiary/aromatic N) is 3. The molecule has 0 amide bonds. The number of para-hydroxylation sites is 1. The van der Waals surface area contributed by atoms with E-state index in [-0.39, 0.29) is 11.3 Å². The lowest BCUT2D eigenvalue weighted by Gasteiger charge is -2.35. The molecule has 3 aromatic rings. The van der Waals surface area contributed by atoms with Crippen LogP contribution in [0.2, 0.25) is 0 Å². The summed E-state index contributed by atoms with van der Waals surface area (Å²) in [6, 6.07) is 6.43. The van der Waals surface area contributed by atoms with Crippen molar-refractivity contribution >= 4 is 41.5 Å². The van der Waals surface area contributed by atoms with Crippen molar-refractivity contribution in [1.82, 2.24) is 24.6 Å². The van der Waals surface area contributed by atoms with Gasteiger partial charge in [0, 0.05) is 0 Å². The minimum Gasteiger partial charge on any atom is -0.462 e. The van der Waals surface area contributed by atoms with Crippen LogP contribution in [-0.4, -0.2) is 73.4 Å². The Hall–Kier alpha value is -3.15. The molecule has 19 heteroatoms. The second-order valence-corrected chi connectivity index (χ2v) is 12.7. The van der Waals surface area contributed by atoms with Crippen LogP contribution in [0.5, 0.6) is 5.75 Å². The molecule has 0 spiro atoms. The average Bonchev–Trinajstić information content (AvgIpc) is 3.40. The van der Waals surface area contributed by atoms with Crippen molar-refractivity contribution in [2.75, 3.05) is 12.3 Å². The maximum absolute atomic E-state index is 15.6. The first-order valence-electron chi connectivity index (χ1n) is 12.3. The molecular weight excluding hydrogens is 611 g/mol. The van der Waals surface area contributed by atoms with Gasteiger partial charge in [-0.1, -0.05) is 18.2 Å². The second kappa shape index (κ2) is 11.9. The molecule has 2 aromatic heterocycles. The number of nitrogens with two attached hydrogens (primary N) is 1. The van der Waals surface area contributed by atoms with Crippen LogP contribution in [0.3, 0.4) is 0 Å². The van der Waals surface area contributed by atoms with Gasteiger partial charge in [-0.15, -0.1) is 0 Å². The maximum atomic E-state index is 15.6. The zero-order valence-corrected chi connectivity index (χ0v) is 24.0. The lowest BCUT2D eigenvalue weighted by atomic mass is 9.95. The zero-order valence-electron chi connectivity index (χ0n) is 22.2. The molecule has 4 rings (SSSR count). The number of nitrogens with one attached hydrogen (secondary N) is 2. The number of aliphatic hydroxyl groups is 1. The number of hydrogen-bond acceptors (Lipinski definition) is 11. The Morgan fingerprint density at radius 2 is 1.98 bits per heavy atom. The largest absolute Gasteiger partial charge is 0.462 e. The van der Waals surface area contributed by atoms with Crippen molar-refractivity contribution in [2.45, 2.75) is 63.2 Å². The van der Waals surface area contributed by atoms with E-state index < -0.39 is 78.8 Å². The van der Waals surface area contributed by atoms with Gasteiger partial charge in [0.15, 0.2) is 23.5 Å². The van der Waals surface area contributed by atoms with Crippen LogP contribution in [0.1, 0.15) is 27.0 Å². The predicted molar refractivity (Wildman–Crippen MR) is 144 cm³/mol. The molecule has 1 aliphatic rings. The monoisotopic (exact) mass is 638 g/mol. The van der Waals surface area contributed by atoms with Crippen molar-refractivity contribution in [3.05, 3.63) is 47.0 Å². The third kappa shape index (κ3) is 6.00. The first-order valence-corrected chi connectivity index (χ1v) is 15.0. The van der Waals surface area contributed by atoms with E-state index in [0.717, 1.165) is 6.33 Å². The Bertz CT molecular complexity index is 1540. The average molecular weight is 639 g/mol. The first kappa shape index (κ1) is 31.8. The quantitative estimate of drug-likeness (QED) is 0.137. The molecule has 13 nitrogen and oxygen atoms in total. The van der Waals surface area contributed by atoms with Crippen LogP contribution in [0, 0.1) is 0 Å². The number of aliphatic hydroxyl groups excluding tert-OH is 1. The molecule has 1 aliphatic heterocycles. The van der Waals surface area contributed by atoms with Gasteiger partial charge in [0.05, 0.1) is 19.0 Å². The summed E-state index contributed by atoms with van der Waals surface area (Å²) in [5.41, 5.74) is 0.131. The van der Waals surface area contributed by atoms with Crippen molar-refractivity contribution in [2.24, 2.45) is 0 Å². The number of aromatic amines is 1. The minimum absolute atomic E-state index is 0.0830. The number of aromatic nitrogens is 4. The summed E-state index contributed by atoms with van der Waals surface area (Å²) in [7, 11) is 0. The molecule has 5 N–H and O–H groups in total. The molecule has 42 heavy (non-hydrogen) atoms. The van der Waals surface area contributed by atoms with Gasteiger partial charge in [0.25, 0.3) is 12.0 Å². The number of anilines is 1. The second-order valence-electron chi connectivity index (χ2n) is 9.55. The molecule has 0 radical (unpaired) electrons. The summed E-state index contributed by atoms with van der Waals surface area (Å²) in [5, 5.41) is 13.1. The highest BCUT2D eigenvalue weighted by Crippen LogP contribution is 2.55. The number of halogens is 4. The lowest BCUT2D eigenvalue weighted by Crippen LogP contribution is -2.57. The zero-order chi connectivity index (χ0) is 31.0. The summed E-state index contributed by atoms with van der Waals surface area (Å²) in [6.07, 6.45) is -8.76. The van der Waals surface area contributed by atoms with Crippen LogP contribution < -0.4 is 20.9 Å². The number of ether oxygens (including phenoxy) is 2. The molecule has 0 aliphatic carbocycles. The molecule has 5 unspecified atom stereocenters. The molecule has 5 atom stereocenters. The van der Waals surface area contributed by atoms with Crippen LogP contribution in [0.25, 0.3) is 11.2 Å². The number of nitrogen functional groups attached to an aromatic ring is 1. The van der Waals surface area contributed by atoms with Gasteiger partial charge in [-0.2, -0.15) is 13.8 Å². The number of fused-ring (bicyclic) bond motifs is 1. The molecule has 1 fully saturated rings. The fourth-order valence-electron chi connectivity index (χ4n) is 4.03. The third-order valence-corrected chi connectivity index (χ3v) is 8.57. The smallest absolute Gasteiger partial charge is 0.323 e. The number of benzene rings is 1. The summed E-state index contributed by atoms with van der Waals surface area (Å²) in [5.74, 6) is -5.80.